The van der Waals surface area contributed by atoms with Crippen LogP contribution in [0.5, 0.6) is 0 Å². The third-order valence-electron chi connectivity index (χ3n) is 1.55. The highest BCUT2D eigenvalue weighted by atomic mass is 32.2. The molecule has 4 nitrogen and oxygen atoms in total. The molecule has 0 rings (SSSR count). The van der Waals surface area contributed by atoms with Crippen LogP contribution in [0.4, 0.5) is 0 Å². The first-order valence-electron chi connectivity index (χ1n) is 4.62. The van der Waals surface area contributed by atoms with Crippen LogP contribution in [0.15, 0.2) is 0 Å². The summed E-state index contributed by atoms with van der Waals surface area (Å²) in [5, 5.41) is 0. The number of hydrogen-bond acceptors (Lipinski definition) is 4. The Morgan fingerprint density at radius 2 is 1.93 bits per heavy atom. The van der Waals surface area contributed by atoms with Crippen LogP contribution in [0.2, 0.25) is 0 Å². The number of ether oxygens (including phenoxy) is 1. The number of carbonyl (C=O) groups excluding carboxylic acids is 1. The van der Waals surface area contributed by atoms with Gasteiger partial charge in [0.1, 0.15) is 16.4 Å². The third kappa shape index (κ3) is 9.67. The smallest absolute Gasteiger partial charge is 0.158 e. The van der Waals surface area contributed by atoms with Gasteiger partial charge in [-0.2, -0.15) is 0 Å². The van der Waals surface area contributed by atoms with Gasteiger partial charge in [0.2, 0.25) is 0 Å². The maximum absolute atomic E-state index is 11.1. The first-order valence-corrected chi connectivity index (χ1v) is 6.68. The van der Waals surface area contributed by atoms with E-state index in [1.165, 1.54) is 6.26 Å². The largest absolute Gasteiger partial charge is 0.371 e. The molecule has 84 valence electrons. The van der Waals surface area contributed by atoms with Crippen LogP contribution in [0, 0.1) is 0 Å². The molecule has 0 aliphatic rings. The van der Waals surface area contributed by atoms with E-state index in [0.29, 0.717) is 6.42 Å². The van der Waals surface area contributed by atoms with Crippen molar-refractivity contribution in [2.24, 2.45) is 0 Å². The maximum Gasteiger partial charge on any atom is 0.158 e. The lowest BCUT2D eigenvalue weighted by molar-refractivity contribution is -0.124. The number of rotatable bonds is 7. The number of hydrogen-bond donors (Lipinski definition) is 0. The highest BCUT2D eigenvalue weighted by molar-refractivity contribution is 7.90. The molecule has 0 aliphatic heterocycles. The van der Waals surface area contributed by atoms with Gasteiger partial charge in [-0.05, 0) is 20.3 Å². The molecule has 0 aromatic heterocycles. The molecule has 0 spiro atoms. The van der Waals surface area contributed by atoms with Crippen LogP contribution in [0.3, 0.4) is 0 Å². The van der Waals surface area contributed by atoms with E-state index < -0.39 is 9.84 Å². The Kier molecular flexibility index (Phi) is 5.95. The average Bonchev–Trinajstić information content (AvgIpc) is 1.98. The summed E-state index contributed by atoms with van der Waals surface area (Å²) in [4.78, 5) is 11.1. The molecule has 0 saturated heterocycles. The standard InChI is InChI=1S/C9H18O4S/c1-8(2)13-7-9(10)5-4-6-14(3,11)12/h8H,4-7H2,1-3H3. The van der Waals surface area contributed by atoms with Gasteiger partial charge >= 0.3 is 0 Å². The summed E-state index contributed by atoms with van der Waals surface area (Å²) in [6.45, 7) is 3.79. The summed E-state index contributed by atoms with van der Waals surface area (Å²) in [5.74, 6) is 0.0304. The fourth-order valence-electron chi connectivity index (χ4n) is 0.863. The highest BCUT2D eigenvalue weighted by Crippen LogP contribution is 1.97. The Morgan fingerprint density at radius 3 is 2.36 bits per heavy atom. The molecule has 0 fully saturated rings. The molecule has 0 aliphatic carbocycles. The normalized spacial score (nSPS) is 12.0. The zero-order valence-electron chi connectivity index (χ0n) is 8.95. The van der Waals surface area contributed by atoms with Gasteiger partial charge in [0.05, 0.1) is 11.9 Å². The Morgan fingerprint density at radius 1 is 1.36 bits per heavy atom. The van der Waals surface area contributed by atoms with Crippen molar-refractivity contribution in [3.05, 3.63) is 0 Å². The number of carbonyl (C=O) groups is 1. The summed E-state index contributed by atoms with van der Waals surface area (Å²) in [7, 11) is -2.94. The molecule has 0 amide bonds. The zero-order valence-corrected chi connectivity index (χ0v) is 9.76. The Labute approximate surface area is 85.6 Å². The minimum absolute atomic E-state index is 0.0360. The summed E-state index contributed by atoms with van der Waals surface area (Å²) < 4.78 is 26.6. The SMILES string of the molecule is CC(C)OCC(=O)CCCS(C)(=O)=O. The van der Waals surface area contributed by atoms with Crippen LogP contribution in [-0.2, 0) is 19.4 Å². The molecule has 0 N–H and O–H groups in total. The average molecular weight is 222 g/mol. The van der Waals surface area contributed by atoms with Gasteiger partial charge in [-0.25, -0.2) is 8.42 Å². The van der Waals surface area contributed by atoms with Crippen molar-refractivity contribution in [1.82, 2.24) is 0 Å². The molecule has 0 aromatic carbocycles. The van der Waals surface area contributed by atoms with Crippen LogP contribution in [0.25, 0.3) is 0 Å². The van der Waals surface area contributed by atoms with Crippen LogP contribution < -0.4 is 0 Å². The fourth-order valence-corrected chi connectivity index (χ4v) is 1.53. The van der Waals surface area contributed by atoms with Crippen molar-refractivity contribution in [2.45, 2.75) is 32.8 Å². The van der Waals surface area contributed by atoms with Gasteiger partial charge in [0, 0.05) is 12.7 Å². The lowest BCUT2D eigenvalue weighted by atomic mass is 10.2. The predicted octanol–water partition coefficient (Wildman–Crippen LogP) is 0.805. The van der Waals surface area contributed by atoms with E-state index in [4.69, 9.17) is 4.74 Å². The summed E-state index contributed by atoms with van der Waals surface area (Å²) in [5.41, 5.74) is 0. The number of sulfone groups is 1. The minimum Gasteiger partial charge on any atom is -0.371 e. The molecule has 0 saturated carbocycles. The third-order valence-corrected chi connectivity index (χ3v) is 2.58. The maximum atomic E-state index is 11.1. The van der Waals surface area contributed by atoms with Crippen molar-refractivity contribution < 1.29 is 17.9 Å². The molecule has 0 radical (unpaired) electrons. The highest BCUT2D eigenvalue weighted by Gasteiger charge is 2.06. The summed E-state index contributed by atoms with van der Waals surface area (Å²) in [6.07, 6.45) is 1.87. The number of Topliss-reactive ketones (excluding diaryl/α,β-unsaturated/α-hetero) is 1. The molecular formula is C9H18O4S. The summed E-state index contributed by atoms with van der Waals surface area (Å²) in [6, 6.07) is 0. The quantitative estimate of drug-likeness (QED) is 0.639. The molecular weight excluding hydrogens is 204 g/mol. The van der Waals surface area contributed by atoms with E-state index in [9.17, 15) is 13.2 Å². The first-order chi connectivity index (χ1) is 6.31. The lowest BCUT2D eigenvalue weighted by Crippen LogP contribution is -2.14. The Balaban J connectivity index is 3.55. The molecule has 0 bridgehead atoms. The van der Waals surface area contributed by atoms with E-state index in [2.05, 4.69) is 0 Å². The first kappa shape index (κ1) is 13.6. The van der Waals surface area contributed by atoms with Crippen molar-refractivity contribution in [3.8, 4) is 0 Å². The number of ketones is 1. The minimum atomic E-state index is -2.94. The van der Waals surface area contributed by atoms with E-state index >= 15 is 0 Å². The zero-order chi connectivity index (χ0) is 11.2. The topological polar surface area (TPSA) is 60.4 Å². The van der Waals surface area contributed by atoms with Crippen LogP contribution in [-0.4, -0.2) is 38.9 Å². The summed E-state index contributed by atoms with van der Waals surface area (Å²) >= 11 is 0. The van der Waals surface area contributed by atoms with Gasteiger partial charge in [0.25, 0.3) is 0 Å². The van der Waals surface area contributed by atoms with E-state index in [-0.39, 0.29) is 30.7 Å². The van der Waals surface area contributed by atoms with Gasteiger partial charge in [-0.15, -0.1) is 0 Å². The Hall–Kier alpha value is -0.420. The van der Waals surface area contributed by atoms with Gasteiger partial charge < -0.3 is 4.74 Å². The van der Waals surface area contributed by atoms with Gasteiger partial charge in [-0.1, -0.05) is 0 Å². The molecule has 0 heterocycles. The molecule has 0 atom stereocenters. The molecule has 0 aromatic rings. The fraction of sp³-hybridized carbons (Fsp3) is 0.889. The molecule has 5 heteroatoms. The second kappa shape index (κ2) is 6.14. The Bertz CT molecular complexity index is 267. The van der Waals surface area contributed by atoms with E-state index in [1.54, 1.807) is 0 Å². The van der Waals surface area contributed by atoms with Crippen LogP contribution >= 0.6 is 0 Å². The van der Waals surface area contributed by atoms with Crippen LogP contribution in [0.1, 0.15) is 26.7 Å². The second-order valence-electron chi connectivity index (χ2n) is 3.63. The van der Waals surface area contributed by atoms with Crippen molar-refractivity contribution in [1.29, 1.82) is 0 Å². The predicted molar refractivity (Wildman–Crippen MR) is 55.0 cm³/mol. The second-order valence-corrected chi connectivity index (χ2v) is 5.89. The van der Waals surface area contributed by atoms with Crippen molar-refractivity contribution in [3.63, 3.8) is 0 Å². The molecule has 0 unspecified atom stereocenters. The van der Waals surface area contributed by atoms with E-state index in [1.807, 2.05) is 13.8 Å². The van der Waals surface area contributed by atoms with Crippen molar-refractivity contribution >= 4 is 15.6 Å². The van der Waals surface area contributed by atoms with Gasteiger partial charge in [-0.3, -0.25) is 4.79 Å². The lowest BCUT2D eigenvalue weighted by Gasteiger charge is -2.05. The molecule has 14 heavy (non-hydrogen) atoms. The van der Waals surface area contributed by atoms with Gasteiger partial charge in [0.15, 0.2) is 5.78 Å². The van der Waals surface area contributed by atoms with Crippen molar-refractivity contribution in [2.75, 3.05) is 18.6 Å². The monoisotopic (exact) mass is 222 g/mol. The van der Waals surface area contributed by atoms with E-state index in [0.717, 1.165) is 0 Å².